The fourth-order valence-electron chi connectivity index (χ4n) is 4.54. The summed E-state index contributed by atoms with van der Waals surface area (Å²) < 4.78 is 29.9. The van der Waals surface area contributed by atoms with Crippen LogP contribution in [-0.4, -0.2) is 44.1 Å². The van der Waals surface area contributed by atoms with Crippen LogP contribution in [-0.2, 0) is 9.53 Å². The minimum atomic E-state index is -0.752. The lowest BCUT2D eigenvalue weighted by atomic mass is 9.95. The van der Waals surface area contributed by atoms with Gasteiger partial charge in [-0.25, -0.2) is 9.79 Å². The van der Waals surface area contributed by atoms with Gasteiger partial charge < -0.3 is 23.7 Å². The van der Waals surface area contributed by atoms with E-state index in [1.165, 1.54) is 11.3 Å². The van der Waals surface area contributed by atoms with Crippen LogP contribution in [0.5, 0.6) is 23.0 Å². The summed E-state index contributed by atoms with van der Waals surface area (Å²) in [5, 5.41) is 0. The predicted molar refractivity (Wildman–Crippen MR) is 142 cm³/mol. The van der Waals surface area contributed by atoms with Gasteiger partial charge in [-0.05, 0) is 62.2 Å². The number of carbonyl (C=O) groups is 1. The quantitative estimate of drug-likeness (QED) is 0.428. The largest absolute Gasteiger partial charge is 0.493 e. The van der Waals surface area contributed by atoms with E-state index in [4.69, 9.17) is 23.7 Å². The van der Waals surface area contributed by atoms with Gasteiger partial charge in [0.2, 0.25) is 0 Å². The van der Waals surface area contributed by atoms with Gasteiger partial charge in [0.1, 0.15) is 13.2 Å². The third-order valence-corrected chi connectivity index (χ3v) is 7.17. The molecule has 198 valence electrons. The number of nitrogens with zero attached hydrogens (tertiary/aromatic N) is 2. The Balaban J connectivity index is 1.69. The Hall–Kier alpha value is -4.05. The van der Waals surface area contributed by atoms with E-state index in [2.05, 4.69) is 4.99 Å². The van der Waals surface area contributed by atoms with Gasteiger partial charge in [-0.3, -0.25) is 9.36 Å². The van der Waals surface area contributed by atoms with Gasteiger partial charge in [0.05, 0.1) is 42.2 Å². The second kappa shape index (κ2) is 10.7. The molecule has 0 saturated carbocycles. The van der Waals surface area contributed by atoms with Crippen molar-refractivity contribution in [2.45, 2.75) is 26.8 Å². The van der Waals surface area contributed by atoms with E-state index >= 15 is 0 Å². The van der Waals surface area contributed by atoms with Gasteiger partial charge in [0.15, 0.2) is 27.8 Å². The molecule has 3 aromatic rings. The molecule has 2 aromatic carbocycles. The Labute approximate surface area is 223 Å². The van der Waals surface area contributed by atoms with Crippen molar-refractivity contribution in [3.05, 3.63) is 78.5 Å². The number of hydrogen-bond acceptors (Lipinski definition) is 9. The molecular formula is C28H28N2O7S. The smallest absolute Gasteiger partial charge is 0.338 e. The Bertz CT molecular complexity index is 1600. The monoisotopic (exact) mass is 536 g/mol. The van der Waals surface area contributed by atoms with Gasteiger partial charge >= 0.3 is 5.97 Å². The third kappa shape index (κ3) is 4.67. The van der Waals surface area contributed by atoms with Crippen molar-refractivity contribution in [3.63, 3.8) is 0 Å². The number of fused-ring (bicyclic) bond motifs is 2. The summed E-state index contributed by atoms with van der Waals surface area (Å²) in [6.07, 6.45) is 1.79. The van der Waals surface area contributed by atoms with Crippen LogP contribution < -0.4 is 33.8 Å². The third-order valence-electron chi connectivity index (χ3n) is 6.18. The normalized spacial score (nSPS) is 16.5. The number of rotatable bonds is 7. The van der Waals surface area contributed by atoms with E-state index in [0.29, 0.717) is 69.0 Å². The van der Waals surface area contributed by atoms with Crippen molar-refractivity contribution in [3.8, 4) is 23.0 Å². The highest BCUT2D eigenvalue weighted by atomic mass is 32.1. The summed E-state index contributed by atoms with van der Waals surface area (Å²) in [6.45, 7) is 6.97. The summed E-state index contributed by atoms with van der Waals surface area (Å²) in [7, 11) is 1.56. The lowest BCUT2D eigenvalue weighted by Gasteiger charge is -2.25. The number of aromatic nitrogens is 1. The first kappa shape index (κ1) is 25.6. The topological polar surface area (TPSA) is 97.6 Å². The number of thiazole rings is 1. The molecule has 3 heterocycles. The highest BCUT2D eigenvalue weighted by Gasteiger charge is 2.34. The first-order valence-corrected chi connectivity index (χ1v) is 13.2. The minimum Gasteiger partial charge on any atom is -0.493 e. The van der Waals surface area contributed by atoms with Crippen LogP contribution in [0.25, 0.3) is 6.08 Å². The van der Waals surface area contributed by atoms with Crippen molar-refractivity contribution >= 4 is 23.4 Å². The summed E-state index contributed by atoms with van der Waals surface area (Å²) in [6, 6.07) is 10.2. The molecule has 0 spiro atoms. The zero-order chi connectivity index (χ0) is 26.8. The molecule has 0 amide bonds. The van der Waals surface area contributed by atoms with E-state index in [0.717, 1.165) is 5.56 Å². The van der Waals surface area contributed by atoms with E-state index in [1.807, 2.05) is 31.2 Å². The molecule has 2 aliphatic heterocycles. The predicted octanol–water partition coefficient (Wildman–Crippen LogP) is 2.98. The number of methoxy groups -OCH3 is 1. The molecule has 0 N–H and O–H groups in total. The molecule has 0 radical (unpaired) electrons. The second-order valence-electron chi connectivity index (χ2n) is 8.55. The van der Waals surface area contributed by atoms with Crippen LogP contribution >= 0.6 is 11.3 Å². The summed E-state index contributed by atoms with van der Waals surface area (Å²) in [5.41, 5.74) is 2.00. The van der Waals surface area contributed by atoms with Crippen molar-refractivity contribution in [2.75, 3.05) is 33.5 Å². The average Bonchev–Trinajstić information content (AvgIpc) is 3.22. The molecule has 0 fully saturated rings. The van der Waals surface area contributed by atoms with Crippen LogP contribution in [0.15, 0.2) is 57.5 Å². The molecule has 5 rings (SSSR count). The molecule has 1 atom stereocenters. The molecule has 9 nitrogen and oxygen atoms in total. The van der Waals surface area contributed by atoms with Crippen LogP contribution in [0, 0.1) is 0 Å². The van der Waals surface area contributed by atoms with Crippen LogP contribution in [0.4, 0.5) is 0 Å². The Morgan fingerprint density at radius 3 is 2.63 bits per heavy atom. The first-order valence-electron chi connectivity index (χ1n) is 12.3. The molecule has 10 heteroatoms. The lowest BCUT2D eigenvalue weighted by Crippen LogP contribution is -2.40. The molecule has 0 bridgehead atoms. The van der Waals surface area contributed by atoms with Crippen molar-refractivity contribution < 1.29 is 28.5 Å². The van der Waals surface area contributed by atoms with Crippen molar-refractivity contribution in [1.82, 2.24) is 4.57 Å². The average molecular weight is 537 g/mol. The Morgan fingerprint density at radius 2 is 1.89 bits per heavy atom. The van der Waals surface area contributed by atoms with Gasteiger partial charge in [-0.2, -0.15) is 0 Å². The summed E-state index contributed by atoms with van der Waals surface area (Å²) in [5.74, 6) is 1.87. The molecule has 2 aliphatic rings. The van der Waals surface area contributed by atoms with E-state index in [-0.39, 0.29) is 12.2 Å². The summed E-state index contributed by atoms with van der Waals surface area (Å²) >= 11 is 1.26. The van der Waals surface area contributed by atoms with Crippen LogP contribution in [0.2, 0.25) is 0 Å². The Kier molecular flexibility index (Phi) is 7.24. The minimum absolute atomic E-state index is 0.198. The maximum Gasteiger partial charge on any atom is 0.338 e. The number of allylic oxidation sites excluding steroid dienone is 1. The van der Waals surface area contributed by atoms with Crippen LogP contribution in [0.1, 0.15) is 37.9 Å². The molecule has 0 aliphatic carbocycles. The number of carbonyl (C=O) groups excluding carboxylic acids is 1. The van der Waals surface area contributed by atoms with E-state index in [9.17, 15) is 9.59 Å². The summed E-state index contributed by atoms with van der Waals surface area (Å²) in [4.78, 5) is 32.1. The molecule has 1 aromatic heterocycles. The van der Waals surface area contributed by atoms with Crippen molar-refractivity contribution in [1.29, 1.82) is 0 Å². The van der Waals surface area contributed by atoms with Gasteiger partial charge in [0, 0.05) is 0 Å². The molecule has 0 saturated heterocycles. The SMILES string of the molecule is CCOC(=O)C1=C(C)N=c2s/c(=C\c3ccc4c(c3)OCCO4)c(=O)n2[C@@H]1c1ccc(OC)c(OCC)c1. The molecule has 0 unspecified atom stereocenters. The van der Waals surface area contributed by atoms with Gasteiger partial charge in [-0.1, -0.05) is 23.5 Å². The fourth-order valence-corrected chi connectivity index (χ4v) is 5.59. The van der Waals surface area contributed by atoms with Gasteiger partial charge in [-0.15, -0.1) is 0 Å². The van der Waals surface area contributed by atoms with Gasteiger partial charge in [0.25, 0.3) is 5.56 Å². The zero-order valence-corrected chi connectivity index (χ0v) is 22.4. The Morgan fingerprint density at radius 1 is 1.11 bits per heavy atom. The number of ether oxygens (including phenoxy) is 5. The fraction of sp³-hybridized carbons (Fsp3) is 0.321. The zero-order valence-electron chi connectivity index (χ0n) is 21.6. The number of hydrogen-bond donors (Lipinski definition) is 0. The highest BCUT2D eigenvalue weighted by Crippen LogP contribution is 2.36. The maximum absolute atomic E-state index is 13.9. The number of esters is 1. The van der Waals surface area contributed by atoms with Crippen LogP contribution in [0.3, 0.4) is 0 Å². The lowest BCUT2D eigenvalue weighted by molar-refractivity contribution is -0.139. The standard InChI is InChI=1S/C28H28N2O7S/c1-5-34-22-15-18(8-10-19(22)33-4)25-24(27(32)35-6-2)16(3)29-28-30(25)26(31)23(38-28)14-17-7-9-20-21(13-17)37-12-11-36-20/h7-10,13-15,25H,5-6,11-12H2,1-4H3/b23-14-/t25-/m1/s1. The maximum atomic E-state index is 13.9. The molecular weight excluding hydrogens is 508 g/mol. The molecule has 38 heavy (non-hydrogen) atoms. The van der Waals surface area contributed by atoms with Crippen molar-refractivity contribution in [2.24, 2.45) is 4.99 Å². The second-order valence-corrected chi connectivity index (χ2v) is 9.56. The van der Waals surface area contributed by atoms with E-state index in [1.54, 1.807) is 43.7 Å². The highest BCUT2D eigenvalue weighted by molar-refractivity contribution is 7.07. The van der Waals surface area contributed by atoms with E-state index < -0.39 is 12.0 Å². The first-order chi connectivity index (χ1) is 18.4. The number of benzene rings is 2.